The van der Waals surface area contributed by atoms with E-state index >= 15 is 0 Å². The van der Waals surface area contributed by atoms with Gasteiger partial charge in [0.15, 0.2) is 0 Å². The summed E-state index contributed by atoms with van der Waals surface area (Å²) in [4.78, 5) is 11.3. The molecule has 0 aliphatic heterocycles. The number of hydrogen-bond donors (Lipinski definition) is 2. The van der Waals surface area contributed by atoms with Crippen LogP contribution < -0.4 is 10.6 Å². The van der Waals surface area contributed by atoms with Crippen molar-refractivity contribution >= 4 is 5.91 Å². The van der Waals surface area contributed by atoms with Crippen molar-refractivity contribution in [1.82, 2.24) is 10.6 Å². The van der Waals surface area contributed by atoms with Crippen LogP contribution in [0.15, 0.2) is 0 Å². The van der Waals surface area contributed by atoms with Crippen LogP contribution in [0.25, 0.3) is 0 Å². The fraction of sp³-hybridized carbons (Fsp3) is 0.778. The maximum atomic E-state index is 11.3. The molecule has 0 rings (SSSR count). The van der Waals surface area contributed by atoms with E-state index in [0.29, 0.717) is 0 Å². The normalized spacial score (nSPS) is 14.3. The standard InChI is InChI=1S/C9H17N3O/c1-4-5-11-8(3)9(13)12-7(2)6-10/h7-8,11H,4-5H2,1-3H3,(H,12,13)/t7-,8-/m0/s1. The Morgan fingerprint density at radius 3 is 2.62 bits per heavy atom. The number of carbonyl (C=O) groups excluding carboxylic acids is 1. The number of amides is 1. The summed E-state index contributed by atoms with van der Waals surface area (Å²) in [6.45, 7) is 6.30. The Balaban J connectivity index is 3.77. The SMILES string of the molecule is CCCN[C@@H](C)C(=O)N[C@@H](C)C#N. The van der Waals surface area contributed by atoms with Crippen LogP contribution >= 0.6 is 0 Å². The van der Waals surface area contributed by atoms with E-state index in [2.05, 4.69) is 10.6 Å². The summed E-state index contributed by atoms with van der Waals surface area (Å²) in [6, 6.07) is 1.30. The van der Waals surface area contributed by atoms with Crippen molar-refractivity contribution in [3.05, 3.63) is 0 Å². The van der Waals surface area contributed by atoms with Crippen molar-refractivity contribution in [2.24, 2.45) is 0 Å². The first-order valence-corrected chi connectivity index (χ1v) is 4.55. The van der Waals surface area contributed by atoms with Gasteiger partial charge < -0.3 is 10.6 Å². The molecule has 0 aliphatic rings. The quantitative estimate of drug-likeness (QED) is 0.648. The minimum Gasteiger partial charge on any atom is -0.339 e. The largest absolute Gasteiger partial charge is 0.339 e. The predicted molar refractivity (Wildman–Crippen MR) is 51.0 cm³/mol. The molecule has 0 aliphatic carbocycles. The van der Waals surface area contributed by atoms with E-state index in [1.165, 1.54) is 0 Å². The number of nitrogens with zero attached hydrogens (tertiary/aromatic N) is 1. The van der Waals surface area contributed by atoms with Crippen molar-refractivity contribution in [1.29, 1.82) is 5.26 Å². The third kappa shape index (κ3) is 5.21. The molecule has 2 N–H and O–H groups in total. The lowest BCUT2D eigenvalue weighted by atomic mass is 10.2. The summed E-state index contributed by atoms with van der Waals surface area (Å²) in [5.41, 5.74) is 0. The molecule has 0 aromatic heterocycles. The summed E-state index contributed by atoms with van der Waals surface area (Å²) >= 11 is 0. The van der Waals surface area contributed by atoms with E-state index < -0.39 is 6.04 Å². The minimum absolute atomic E-state index is 0.123. The molecule has 4 nitrogen and oxygen atoms in total. The molecule has 0 saturated heterocycles. The molecule has 74 valence electrons. The molecular formula is C9H17N3O. The Bertz CT molecular complexity index is 198. The van der Waals surface area contributed by atoms with Gasteiger partial charge in [-0.05, 0) is 26.8 Å². The fourth-order valence-corrected chi connectivity index (χ4v) is 0.824. The predicted octanol–water partition coefficient (Wildman–Crippen LogP) is 0.403. The van der Waals surface area contributed by atoms with Gasteiger partial charge in [-0.25, -0.2) is 0 Å². The number of hydrogen-bond acceptors (Lipinski definition) is 3. The van der Waals surface area contributed by atoms with Crippen molar-refractivity contribution < 1.29 is 4.79 Å². The van der Waals surface area contributed by atoms with Crippen molar-refractivity contribution in [3.63, 3.8) is 0 Å². The zero-order valence-electron chi connectivity index (χ0n) is 8.42. The van der Waals surface area contributed by atoms with Gasteiger partial charge in [-0.15, -0.1) is 0 Å². The highest BCUT2D eigenvalue weighted by Crippen LogP contribution is 1.85. The third-order valence-electron chi connectivity index (χ3n) is 1.65. The lowest BCUT2D eigenvalue weighted by molar-refractivity contribution is -0.123. The van der Waals surface area contributed by atoms with Crippen LogP contribution in [0.2, 0.25) is 0 Å². The fourth-order valence-electron chi connectivity index (χ4n) is 0.824. The van der Waals surface area contributed by atoms with Crippen molar-refractivity contribution in [3.8, 4) is 6.07 Å². The highest BCUT2D eigenvalue weighted by atomic mass is 16.2. The number of nitrogens with one attached hydrogen (secondary N) is 2. The van der Waals surface area contributed by atoms with Crippen LogP contribution in [0.5, 0.6) is 0 Å². The average molecular weight is 183 g/mol. The molecule has 0 aromatic carbocycles. The second-order valence-electron chi connectivity index (χ2n) is 3.04. The van der Waals surface area contributed by atoms with Crippen LogP contribution in [0.4, 0.5) is 0 Å². The van der Waals surface area contributed by atoms with Gasteiger partial charge in [-0.1, -0.05) is 6.92 Å². The summed E-state index contributed by atoms with van der Waals surface area (Å²) in [5, 5.41) is 14.1. The Morgan fingerprint density at radius 1 is 1.54 bits per heavy atom. The zero-order chi connectivity index (χ0) is 10.3. The molecule has 0 heterocycles. The third-order valence-corrected chi connectivity index (χ3v) is 1.65. The van der Waals surface area contributed by atoms with E-state index in [1.54, 1.807) is 13.8 Å². The van der Waals surface area contributed by atoms with Gasteiger partial charge in [-0.2, -0.15) is 5.26 Å². The second kappa shape index (κ2) is 6.44. The van der Waals surface area contributed by atoms with E-state index in [9.17, 15) is 4.79 Å². The first kappa shape index (κ1) is 11.9. The first-order chi connectivity index (χ1) is 6.11. The van der Waals surface area contributed by atoms with Crippen LogP contribution in [0.3, 0.4) is 0 Å². The van der Waals surface area contributed by atoms with Gasteiger partial charge in [0, 0.05) is 0 Å². The molecule has 4 heteroatoms. The molecule has 13 heavy (non-hydrogen) atoms. The van der Waals surface area contributed by atoms with Crippen LogP contribution in [0, 0.1) is 11.3 Å². The molecule has 0 saturated carbocycles. The molecule has 0 spiro atoms. The number of carbonyl (C=O) groups is 1. The number of nitriles is 1. The average Bonchev–Trinajstić information content (AvgIpc) is 2.13. The Morgan fingerprint density at radius 2 is 2.15 bits per heavy atom. The van der Waals surface area contributed by atoms with Gasteiger partial charge in [0.1, 0.15) is 6.04 Å². The van der Waals surface area contributed by atoms with E-state index in [-0.39, 0.29) is 11.9 Å². The van der Waals surface area contributed by atoms with Gasteiger partial charge in [0.25, 0.3) is 0 Å². The summed E-state index contributed by atoms with van der Waals surface area (Å²) in [5.74, 6) is -0.123. The maximum Gasteiger partial charge on any atom is 0.237 e. The maximum absolute atomic E-state index is 11.3. The Kier molecular flexibility index (Phi) is 5.90. The highest BCUT2D eigenvalue weighted by molar-refractivity contribution is 5.81. The van der Waals surface area contributed by atoms with Gasteiger partial charge in [0.2, 0.25) is 5.91 Å². The molecule has 0 fully saturated rings. The lowest BCUT2D eigenvalue weighted by Gasteiger charge is -2.14. The Hall–Kier alpha value is -1.08. The number of rotatable bonds is 5. The second-order valence-corrected chi connectivity index (χ2v) is 3.04. The Labute approximate surface area is 79.3 Å². The van der Waals surface area contributed by atoms with Crippen LogP contribution in [0.1, 0.15) is 27.2 Å². The van der Waals surface area contributed by atoms with E-state index in [1.807, 2.05) is 13.0 Å². The minimum atomic E-state index is -0.418. The lowest BCUT2D eigenvalue weighted by Crippen LogP contribution is -2.45. The molecule has 0 bridgehead atoms. The van der Waals surface area contributed by atoms with Crippen LogP contribution in [-0.2, 0) is 4.79 Å². The molecule has 1 amide bonds. The molecule has 0 aromatic rings. The monoisotopic (exact) mass is 183 g/mol. The zero-order valence-corrected chi connectivity index (χ0v) is 8.42. The van der Waals surface area contributed by atoms with E-state index in [4.69, 9.17) is 5.26 Å². The van der Waals surface area contributed by atoms with Gasteiger partial charge >= 0.3 is 0 Å². The first-order valence-electron chi connectivity index (χ1n) is 4.55. The molecule has 0 unspecified atom stereocenters. The molecule has 2 atom stereocenters. The summed E-state index contributed by atoms with van der Waals surface area (Å²) in [6.07, 6.45) is 0.991. The highest BCUT2D eigenvalue weighted by Gasteiger charge is 2.13. The molecular weight excluding hydrogens is 166 g/mol. The summed E-state index contributed by atoms with van der Waals surface area (Å²) < 4.78 is 0. The summed E-state index contributed by atoms with van der Waals surface area (Å²) in [7, 11) is 0. The van der Waals surface area contributed by atoms with Crippen molar-refractivity contribution in [2.45, 2.75) is 39.3 Å². The smallest absolute Gasteiger partial charge is 0.237 e. The van der Waals surface area contributed by atoms with Crippen molar-refractivity contribution in [2.75, 3.05) is 6.54 Å². The van der Waals surface area contributed by atoms with Crippen LogP contribution in [-0.4, -0.2) is 24.5 Å². The van der Waals surface area contributed by atoms with Gasteiger partial charge in [-0.3, -0.25) is 4.79 Å². The van der Waals surface area contributed by atoms with Gasteiger partial charge in [0.05, 0.1) is 12.1 Å². The van der Waals surface area contributed by atoms with E-state index in [0.717, 1.165) is 13.0 Å². The molecule has 0 radical (unpaired) electrons. The topological polar surface area (TPSA) is 64.9 Å².